The molecule has 5 nitrogen and oxygen atoms in total. The Morgan fingerprint density at radius 1 is 1.19 bits per heavy atom. The summed E-state index contributed by atoms with van der Waals surface area (Å²) in [6.07, 6.45) is 2.40. The normalized spacial score (nSPS) is 12.9. The van der Waals surface area contributed by atoms with Gasteiger partial charge < -0.3 is 5.73 Å². The van der Waals surface area contributed by atoms with Crippen molar-refractivity contribution in [1.82, 2.24) is 4.98 Å². The molecule has 0 saturated carbocycles. The molecule has 2 aromatic rings. The predicted molar refractivity (Wildman–Crippen MR) is 84.6 cm³/mol. The van der Waals surface area contributed by atoms with E-state index < -0.39 is 10.0 Å². The number of hydrogen-bond donors (Lipinski definition) is 2. The first kappa shape index (κ1) is 15.3. The van der Waals surface area contributed by atoms with Crippen LogP contribution in [0.1, 0.15) is 31.7 Å². The molecule has 3 N–H and O–H groups in total. The van der Waals surface area contributed by atoms with E-state index in [1.165, 1.54) is 6.20 Å². The quantitative estimate of drug-likeness (QED) is 0.889. The summed E-state index contributed by atoms with van der Waals surface area (Å²) in [5.74, 6) is 0.756. The van der Waals surface area contributed by atoms with E-state index in [1.54, 1.807) is 24.3 Å². The first-order valence-electron chi connectivity index (χ1n) is 6.76. The molecule has 1 heterocycles. The molecule has 1 aromatic heterocycles. The van der Waals surface area contributed by atoms with Gasteiger partial charge in [-0.2, -0.15) is 0 Å². The third kappa shape index (κ3) is 3.72. The minimum Gasteiger partial charge on any atom is -0.384 e. The Bertz CT molecular complexity index is 695. The Morgan fingerprint density at radius 2 is 1.86 bits per heavy atom. The van der Waals surface area contributed by atoms with E-state index in [2.05, 4.69) is 23.6 Å². The molecule has 0 amide bonds. The number of aromatic nitrogens is 1. The lowest BCUT2D eigenvalue weighted by molar-refractivity contribution is 0.601. The molecule has 112 valence electrons. The number of anilines is 2. The molecule has 0 fully saturated rings. The maximum atomic E-state index is 12.3. The number of pyridine rings is 1. The van der Waals surface area contributed by atoms with Crippen LogP contribution in [0, 0.1) is 0 Å². The van der Waals surface area contributed by atoms with Gasteiger partial charge in [0, 0.05) is 0 Å². The third-order valence-corrected chi connectivity index (χ3v) is 4.81. The van der Waals surface area contributed by atoms with Crippen LogP contribution in [0.2, 0.25) is 0 Å². The van der Waals surface area contributed by atoms with E-state index in [0.29, 0.717) is 17.4 Å². The molecular weight excluding hydrogens is 286 g/mol. The Labute approximate surface area is 125 Å². The third-order valence-electron chi connectivity index (χ3n) is 3.41. The molecule has 0 saturated heterocycles. The number of rotatable bonds is 5. The lowest BCUT2D eigenvalue weighted by Gasteiger charge is -2.11. The number of nitrogens with one attached hydrogen (secondary N) is 1. The Morgan fingerprint density at radius 3 is 2.38 bits per heavy atom. The van der Waals surface area contributed by atoms with Gasteiger partial charge in [-0.1, -0.05) is 26.0 Å². The summed E-state index contributed by atoms with van der Waals surface area (Å²) in [5.41, 5.74) is 6.99. The average Bonchev–Trinajstić information content (AvgIpc) is 2.49. The Balaban J connectivity index is 2.21. The largest absolute Gasteiger partial charge is 0.384 e. The molecule has 2 rings (SSSR count). The van der Waals surface area contributed by atoms with Crippen LogP contribution in [0.15, 0.2) is 47.5 Å². The van der Waals surface area contributed by atoms with Gasteiger partial charge in [0.25, 0.3) is 10.0 Å². The molecule has 0 aliphatic rings. The standard InChI is InChI=1S/C15H19N3O2S/c1-3-11(2)12-4-7-14(8-5-12)21(19,20)18-13-6-9-15(16)17-10-13/h4-11,18H,3H2,1-2H3,(H2,16,17). The molecule has 0 aliphatic heterocycles. The number of benzene rings is 1. The van der Waals surface area contributed by atoms with Crippen molar-refractivity contribution in [3.63, 3.8) is 0 Å². The number of sulfonamides is 1. The van der Waals surface area contributed by atoms with Gasteiger partial charge in [0.1, 0.15) is 5.82 Å². The smallest absolute Gasteiger partial charge is 0.261 e. The van der Waals surface area contributed by atoms with Crippen molar-refractivity contribution in [2.75, 3.05) is 10.5 Å². The molecule has 6 heteroatoms. The van der Waals surface area contributed by atoms with Crippen molar-refractivity contribution >= 4 is 21.5 Å². The molecule has 0 bridgehead atoms. The summed E-state index contributed by atoms with van der Waals surface area (Å²) in [7, 11) is -3.61. The highest BCUT2D eigenvalue weighted by Gasteiger charge is 2.14. The zero-order chi connectivity index (χ0) is 15.5. The molecule has 0 radical (unpaired) electrons. The zero-order valence-electron chi connectivity index (χ0n) is 12.1. The van der Waals surface area contributed by atoms with E-state index in [9.17, 15) is 8.42 Å². The molecule has 1 atom stereocenters. The van der Waals surface area contributed by atoms with Crippen LogP contribution in [0.25, 0.3) is 0 Å². The van der Waals surface area contributed by atoms with Crippen LogP contribution < -0.4 is 10.5 Å². The summed E-state index contributed by atoms with van der Waals surface area (Å²) in [6, 6.07) is 10.1. The molecular formula is C15H19N3O2S. The highest BCUT2D eigenvalue weighted by Crippen LogP contribution is 2.21. The van der Waals surface area contributed by atoms with Crippen LogP contribution in [0.4, 0.5) is 11.5 Å². The fraction of sp³-hybridized carbons (Fsp3) is 0.267. The molecule has 0 spiro atoms. The minimum atomic E-state index is -3.61. The summed E-state index contributed by atoms with van der Waals surface area (Å²) >= 11 is 0. The fourth-order valence-electron chi connectivity index (χ4n) is 1.89. The van der Waals surface area contributed by atoms with Crippen molar-refractivity contribution in [2.45, 2.75) is 31.1 Å². The summed E-state index contributed by atoms with van der Waals surface area (Å²) in [5, 5.41) is 0. The maximum absolute atomic E-state index is 12.3. The summed E-state index contributed by atoms with van der Waals surface area (Å²) < 4.78 is 27.0. The van der Waals surface area contributed by atoms with Crippen molar-refractivity contribution < 1.29 is 8.42 Å². The first-order chi connectivity index (χ1) is 9.92. The minimum absolute atomic E-state index is 0.228. The van der Waals surface area contributed by atoms with E-state index in [-0.39, 0.29) is 4.90 Å². The van der Waals surface area contributed by atoms with Gasteiger partial charge in [-0.3, -0.25) is 4.72 Å². The van der Waals surface area contributed by atoms with Gasteiger partial charge >= 0.3 is 0 Å². The second kappa shape index (κ2) is 6.13. The van der Waals surface area contributed by atoms with Gasteiger partial charge in [0.2, 0.25) is 0 Å². The highest BCUT2D eigenvalue weighted by atomic mass is 32.2. The SMILES string of the molecule is CCC(C)c1ccc(S(=O)(=O)Nc2ccc(N)nc2)cc1. The molecule has 21 heavy (non-hydrogen) atoms. The molecule has 1 aromatic carbocycles. The van der Waals surface area contributed by atoms with E-state index >= 15 is 0 Å². The van der Waals surface area contributed by atoms with Gasteiger partial charge in [0.15, 0.2) is 0 Å². The average molecular weight is 305 g/mol. The van der Waals surface area contributed by atoms with Crippen molar-refractivity contribution in [3.05, 3.63) is 48.2 Å². The number of nitrogens with two attached hydrogens (primary N) is 1. The highest BCUT2D eigenvalue weighted by molar-refractivity contribution is 7.92. The number of nitrogens with zero attached hydrogens (tertiary/aromatic N) is 1. The molecule has 0 aliphatic carbocycles. The zero-order valence-corrected chi connectivity index (χ0v) is 12.9. The summed E-state index contributed by atoms with van der Waals surface area (Å²) in [6.45, 7) is 4.22. The fourth-order valence-corrected chi connectivity index (χ4v) is 2.93. The van der Waals surface area contributed by atoms with Crippen LogP contribution in [-0.2, 0) is 10.0 Å². The maximum Gasteiger partial charge on any atom is 0.261 e. The van der Waals surface area contributed by atoms with Gasteiger partial charge in [-0.05, 0) is 42.2 Å². The second-order valence-corrected chi connectivity index (χ2v) is 6.64. The number of nitrogen functional groups attached to an aromatic ring is 1. The van der Waals surface area contributed by atoms with E-state index in [0.717, 1.165) is 12.0 Å². The second-order valence-electron chi connectivity index (χ2n) is 4.96. The summed E-state index contributed by atoms with van der Waals surface area (Å²) in [4.78, 5) is 4.08. The molecule has 1 unspecified atom stereocenters. The predicted octanol–water partition coefficient (Wildman–Crippen LogP) is 2.98. The Hall–Kier alpha value is -2.08. The van der Waals surface area contributed by atoms with E-state index in [1.807, 2.05) is 12.1 Å². The lowest BCUT2D eigenvalue weighted by Crippen LogP contribution is -2.13. The van der Waals surface area contributed by atoms with E-state index in [4.69, 9.17) is 5.73 Å². The number of hydrogen-bond acceptors (Lipinski definition) is 4. The van der Waals surface area contributed by atoms with Crippen LogP contribution in [-0.4, -0.2) is 13.4 Å². The van der Waals surface area contributed by atoms with Crippen LogP contribution >= 0.6 is 0 Å². The van der Waals surface area contributed by atoms with Gasteiger partial charge in [-0.25, -0.2) is 13.4 Å². The van der Waals surface area contributed by atoms with Gasteiger partial charge in [-0.15, -0.1) is 0 Å². The Kier molecular flexibility index (Phi) is 4.47. The topological polar surface area (TPSA) is 85.1 Å². The van der Waals surface area contributed by atoms with Crippen LogP contribution in [0.5, 0.6) is 0 Å². The first-order valence-corrected chi connectivity index (χ1v) is 8.25. The van der Waals surface area contributed by atoms with Gasteiger partial charge in [0.05, 0.1) is 16.8 Å². The van der Waals surface area contributed by atoms with Crippen molar-refractivity contribution in [2.24, 2.45) is 0 Å². The van der Waals surface area contributed by atoms with Crippen molar-refractivity contribution in [1.29, 1.82) is 0 Å². The monoisotopic (exact) mass is 305 g/mol. The van der Waals surface area contributed by atoms with Crippen molar-refractivity contribution in [3.8, 4) is 0 Å². The lowest BCUT2D eigenvalue weighted by atomic mass is 9.99. The van der Waals surface area contributed by atoms with Crippen LogP contribution in [0.3, 0.4) is 0 Å².